The molecule has 1 N–H and O–H groups in total. The first-order valence-corrected chi connectivity index (χ1v) is 16.5. The van der Waals surface area contributed by atoms with Crippen LogP contribution in [0.25, 0.3) is 0 Å². The molecule has 0 saturated carbocycles. The molecular weight excluding hydrogens is 516 g/mol. The minimum atomic E-state index is -0.594. The number of unbranched alkanes of at least 4 members (excludes halogenated alkanes) is 14. The molecule has 2 aromatic rings. The fraction of sp³-hybridized carbons (Fsp3) is 0.639. The summed E-state index contributed by atoms with van der Waals surface area (Å²) in [5.74, 6) is 1.73. The van der Waals surface area contributed by atoms with Gasteiger partial charge in [0.15, 0.2) is 5.78 Å². The van der Waals surface area contributed by atoms with Crippen LogP contribution in [0.15, 0.2) is 42.5 Å². The number of carbonyl (C=O) groups is 1. The Kier molecular flexibility index (Phi) is 16.6. The second-order valence-corrected chi connectivity index (χ2v) is 12.5. The van der Waals surface area contributed by atoms with E-state index >= 15 is 0 Å². The summed E-state index contributed by atoms with van der Waals surface area (Å²) in [4.78, 5) is 12.6. The minimum Gasteiger partial charge on any atom is -0.457 e. The molecule has 0 amide bonds. The van der Waals surface area contributed by atoms with Crippen molar-refractivity contribution in [2.45, 2.75) is 137 Å². The number of rotatable bonds is 22. The quantitative estimate of drug-likeness (QED) is 0.0869. The summed E-state index contributed by atoms with van der Waals surface area (Å²) in [5, 5.41) is 10.7. The minimum absolute atomic E-state index is 0.0256. The number of ketones is 1. The molecule has 0 heterocycles. The van der Waals surface area contributed by atoms with E-state index in [9.17, 15) is 9.90 Å². The van der Waals surface area contributed by atoms with Gasteiger partial charge in [-0.1, -0.05) is 123 Å². The number of aliphatic hydroxyl groups is 1. The number of ether oxygens (including phenoxy) is 1. The summed E-state index contributed by atoms with van der Waals surface area (Å²) in [6.45, 7) is 7.99. The van der Waals surface area contributed by atoms with E-state index < -0.39 is 11.5 Å². The summed E-state index contributed by atoms with van der Waals surface area (Å²) in [7, 11) is 0. The van der Waals surface area contributed by atoms with E-state index in [4.69, 9.17) is 16.3 Å². The van der Waals surface area contributed by atoms with Crippen molar-refractivity contribution in [3.05, 3.63) is 59.2 Å². The Morgan fingerprint density at radius 2 is 1.30 bits per heavy atom. The molecule has 0 bridgehead atoms. The second kappa shape index (κ2) is 19.3. The number of aryl methyl sites for hydroxylation is 1. The fourth-order valence-electron chi connectivity index (χ4n) is 5.12. The highest BCUT2D eigenvalue weighted by Gasteiger charge is 2.27. The van der Waals surface area contributed by atoms with Gasteiger partial charge in [0.05, 0.1) is 6.10 Å². The smallest absolute Gasteiger partial charge is 0.169 e. The summed E-state index contributed by atoms with van der Waals surface area (Å²) >= 11 is 5.95. The fourth-order valence-corrected chi connectivity index (χ4v) is 5.24. The monoisotopic (exact) mass is 570 g/mol. The number of benzene rings is 2. The average molecular weight is 571 g/mol. The van der Waals surface area contributed by atoms with Gasteiger partial charge < -0.3 is 9.84 Å². The molecule has 4 heteroatoms. The number of hydrogen-bond acceptors (Lipinski definition) is 3. The SMILES string of the molecule is CCCCCCCCCCCCCCCCCC(O)c1ccc(Oc2ccc(C(=O)C(C)(C)CCl)cc2)c(C)c1. The number of alkyl halides is 1. The molecule has 0 spiro atoms. The van der Waals surface area contributed by atoms with Crippen LogP contribution >= 0.6 is 11.6 Å². The van der Waals surface area contributed by atoms with Crippen LogP contribution in [0.5, 0.6) is 11.5 Å². The van der Waals surface area contributed by atoms with Crippen LogP contribution in [0.3, 0.4) is 0 Å². The lowest BCUT2D eigenvalue weighted by molar-refractivity contribution is 0.0862. The van der Waals surface area contributed by atoms with Gasteiger partial charge in [-0.15, -0.1) is 11.6 Å². The van der Waals surface area contributed by atoms with E-state index in [1.165, 1.54) is 89.9 Å². The largest absolute Gasteiger partial charge is 0.457 e. The van der Waals surface area contributed by atoms with E-state index in [1.807, 2.05) is 51.1 Å². The van der Waals surface area contributed by atoms with E-state index in [0.717, 1.165) is 29.7 Å². The highest BCUT2D eigenvalue weighted by atomic mass is 35.5. The Hall–Kier alpha value is -1.84. The number of Topliss-reactive ketones (excluding diaryl/α,β-unsaturated/α-hetero) is 1. The maximum atomic E-state index is 12.6. The van der Waals surface area contributed by atoms with Crippen molar-refractivity contribution in [2.24, 2.45) is 5.41 Å². The van der Waals surface area contributed by atoms with Gasteiger partial charge in [-0.05, 0) is 60.9 Å². The van der Waals surface area contributed by atoms with Crippen LogP contribution in [0.2, 0.25) is 0 Å². The van der Waals surface area contributed by atoms with Crippen molar-refractivity contribution in [1.29, 1.82) is 0 Å². The first-order chi connectivity index (χ1) is 19.3. The molecule has 40 heavy (non-hydrogen) atoms. The zero-order chi connectivity index (χ0) is 29.2. The third-order valence-electron chi connectivity index (χ3n) is 7.96. The number of aliphatic hydroxyl groups excluding tert-OH is 1. The first kappa shape index (κ1) is 34.4. The predicted molar refractivity (Wildman–Crippen MR) is 171 cm³/mol. The van der Waals surface area contributed by atoms with Crippen LogP contribution in [0.1, 0.15) is 151 Å². The molecule has 0 fully saturated rings. The van der Waals surface area contributed by atoms with Crippen LogP contribution < -0.4 is 4.74 Å². The molecule has 0 aromatic heterocycles. The zero-order valence-corrected chi connectivity index (χ0v) is 26.5. The molecule has 1 atom stereocenters. The summed E-state index contributed by atoms with van der Waals surface area (Å²) in [6, 6.07) is 13.1. The number of carbonyl (C=O) groups excluding carboxylic acids is 1. The topological polar surface area (TPSA) is 46.5 Å². The highest BCUT2D eigenvalue weighted by Crippen LogP contribution is 2.30. The predicted octanol–water partition coefficient (Wildman–Crippen LogP) is 11.5. The van der Waals surface area contributed by atoms with Gasteiger partial charge >= 0.3 is 0 Å². The third-order valence-corrected chi connectivity index (χ3v) is 8.63. The lowest BCUT2D eigenvalue weighted by atomic mass is 9.86. The Morgan fingerprint density at radius 1 is 0.800 bits per heavy atom. The molecule has 2 aromatic carbocycles. The molecule has 1 unspecified atom stereocenters. The van der Waals surface area contributed by atoms with E-state index in [1.54, 1.807) is 12.1 Å². The first-order valence-electron chi connectivity index (χ1n) is 16.0. The lowest BCUT2D eigenvalue weighted by Crippen LogP contribution is -2.25. The molecule has 0 aliphatic heterocycles. The number of hydrogen-bond donors (Lipinski definition) is 1. The van der Waals surface area contributed by atoms with Crippen molar-refractivity contribution >= 4 is 17.4 Å². The van der Waals surface area contributed by atoms with Crippen molar-refractivity contribution < 1.29 is 14.6 Å². The average Bonchev–Trinajstić information content (AvgIpc) is 2.96. The standard InChI is InChI=1S/C36H55ClO3/c1-5-6-7-8-9-10-11-12-13-14-15-16-17-18-19-20-33(38)31-23-26-34(29(2)27-31)40-32-24-21-30(22-25-32)35(39)36(3,4)28-37/h21-27,33,38H,5-20,28H2,1-4H3. The van der Waals surface area contributed by atoms with Gasteiger partial charge in [0.25, 0.3) is 0 Å². The summed E-state index contributed by atoms with van der Waals surface area (Å²) in [6.07, 6.45) is 20.6. The zero-order valence-electron chi connectivity index (χ0n) is 25.8. The molecule has 0 radical (unpaired) electrons. The molecule has 0 aliphatic carbocycles. The maximum Gasteiger partial charge on any atom is 0.169 e. The van der Waals surface area contributed by atoms with E-state index in [2.05, 4.69) is 6.92 Å². The molecule has 0 saturated heterocycles. The maximum absolute atomic E-state index is 12.6. The van der Waals surface area contributed by atoms with Crippen LogP contribution in [-0.2, 0) is 0 Å². The normalized spacial score (nSPS) is 12.4. The molecular formula is C36H55ClO3. The van der Waals surface area contributed by atoms with Gasteiger partial charge in [0.2, 0.25) is 0 Å². The Balaban J connectivity index is 1.61. The van der Waals surface area contributed by atoms with Crippen molar-refractivity contribution in [1.82, 2.24) is 0 Å². The van der Waals surface area contributed by atoms with Crippen LogP contribution in [0.4, 0.5) is 0 Å². The molecule has 0 aliphatic rings. The van der Waals surface area contributed by atoms with Gasteiger partial charge in [-0.3, -0.25) is 4.79 Å². The molecule has 224 valence electrons. The second-order valence-electron chi connectivity index (χ2n) is 12.3. The third kappa shape index (κ3) is 12.8. The van der Waals surface area contributed by atoms with Gasteiger partial charge in [0, 0.05) is 16.9 Å². The Bertz CT molecular complexity index is 967. The van der Waals surface area contributed by atoms with Crippen molar-refractivity contribution in [2.75, 3.05) is 5.88 Å². The number of halogens is 1. The van der Waals surface area contributed by atoms with Crippen LogP contribution in [-0.4, -0.2) is 16.8 Å². The van der Waals surface area contributed by atoms with E-state index in [-0.39, 0.29) is 11.7 Å². The van der Waals surface area contributed by atoms with Gasteiger partial charge in [0.1, 0.15) is 11.5 Å². The van der Waals surface area contributed by atoms with Crippen molar-refractivity contribution in [3.8, 4) is 11.5 Å². The molecule has 3 nitrogen and oxygen atoms in total. The lowest BCUT2D eigenvalue weighted by Gasteiger charge is -2.19. The van der Waals surface area contributed by atoms with Gasteiger partial charge in [-0.2, -0.15) is 0 Å². The van der Waals surface area contributed by atoms with Crippen LogP contribution in [0, 0.1) is 12.3 Å². The molecule has 2 rings (SSSR count). The van der Waals surface area contributed by atoms with Gasteiger partial charge in [-0.25, -0.2) is 0 Å². The highest BCUT2D eigenvalue weighted by molar-refractivity contribution is 6.21. The summed E-state index contributed by atoms with van der Waals surface area (Å²) in [5.41, 5.74) is 1.96. The summed E-state index contributed by atoms with van der Waals surface area (Å²) < 4.78 is 6.06. The van der Waals surface area contributed by atoms with Crippen molar-refractivity contribution in [3.63, 3.8) is 0 Å². The Morgan fingerprint density at radius 3 is 1.77 bits per heavy atom. The Labute approximate surface area is 250 Å². The van der Waals surface area contributed by atoms with E-state index in [0.29, 0.717) is 11.3 Å².